The summed E-state index contributed by atoms with van der Waals surface area (Å²) in [5.74, 6) is 0.716. The van der Waals surface area contributed by atoms with Crippen molar-refractivity contribution >= 4 is 5.91 Å². The minimum Gasteiger partial charge on any atom is -0.335 e. The van der Waals surface area contributed by atoms with Gasteiger partial charge in [-0.3, -0.25) is 4.79 Å². The molecule has 1 amide bonds. The Labute approximate surface area is 128 Å². The van der Waals surface area contributed by atoms with E-state index in [9.17, 15) is 4.79 Å². The highest BCUT2D eigenvalue weighted by Crippen LogP contribution is 2.30. The van der Waals surface area contributed by atoms with Crippen molar-refractivity contribution in [2.75, 3.05) is 6.54 Å². The van der Waals surface area contributed by atoms with Gasteiger partial charge in [0.2, 0.25) is 5.91 Å². The van der Waals surface area contributed by atoms with Crippen LogP contribution in [0.3, 0.4) is 0 Å². The Bertz CT molecular complexity index is 480. The Hall–Kier alpha value is -1.35. The number of carbonyl (C=O) groups is 1. The van der Waals surface area contributed by atoms with Gasteiger partial charge in [0, 0.05) is 19.1 Å². The molecule has 0 aromatic heterocycles. The number of hydrogen-bond donors (Lipinski definition) is 1. The molecule has 1 aromatic rings. The van der Waals surface area contributed by atoms with E-state index in [1.54, 1.807) is 0 Å². The molecule has 116 valence electrons. The van der Waals surface area contributed by atoms with Crippen LogP contribution < -0.4 is 5.73 Å². The third-order valence-corrected chi connectivity index (χ3v) is 4.10. The van der Waals surface area contributed by atoms with Crippen molar-refractivity contribution in [3.8, 4) is 0 Å². The molecule has 0 spiro atoms. The number of aryl methyl sites for hydroxylation is 1. The van der Waals surface area contributed by atoms with Gasteiger partial charge in [-0.1, -0.05) is 43.7 Å². The average Bonchev–Trinajstić information content (AvgIpc) is 3.26. The number of nitrogens with zero attached hydrogens (tertiary/aromatic N) is 1. The number of hydrogen-bond acceptors (Lipinski definition) is 2. The van der Waals surface area contributed by atoms with Crippen LogP contribution in [0.1, 0.15) is 44.2 Å². The molecule has 0 aliphatic heterocycles. The molecule has 0 heterocycles. The van der Waals surface area contributed by atoms with Crippen LogP contribution in [0.4, 0.5) is 0 Å². The van der Waals surface area contributed by atoms with E-state index in [-0.39, 0.29) is 11.8 Å². The second-order valence-corrected chi connectivity index (χ2v) is 6.75. The summed E-state index contributed by atoms with van der Waals surface area (Å²) in [7, 11) is 0. The average molecular weight is 288 g/mol. The van der Waals surface area contributed by atoms with Gasteiger partial charge >= 0.3 is 0 Å². The van der Waals surface area contributed by atoms with E-state index in [0.29, 0.717) is 18.5 Å². The van der Waals surface area contributed by atoms with E-state index < -0.39 is 0 Å². The number of rotatable bonds is 7. The number of benzene rings is 1. The van der Waals surface area contributed by atoms with Crippen LogP contribution in [0, 0.1) is 18.8 Å². The lowest BCUT2D eigenvalue weighted by atomic mass is 9.95. The van der Waals surface area contributed by atoms with E-state index in [2.05, 4.69) is 49.9 Å². The molecule has 1 aromatic carbocycles. The highest BCUT2D eigenvalue weighted by molar-refractivity contribution is 5.79. The van der Waals surface area contributed by atoms with Crippen molar-refractivity contribution in [3.63, 3.8) is 0 Å². The van der Waals surface area contributed by atoms with Crippen LogP contribution in [0.2, 0.25) is 0 Å². The van der Waals surface area contributed by atoms with Crippen LogP contribution in [-0.2, 0) is 11.3 Å². The molecule has 0 saturated heterocycles. The highest BCUT2D eigenvalue weighted by Gasteiger charge is 2.35. The summed E-state index contributed by atoms with van der Waals surface area (Å²) >= 11 is 0. The van der Waals surface area contributed by atoms with Gasteiger partial charge in [0.1, 0.15) is 0 Å². The zero-order chi connectivity index (χ0) is 15.4. The van der Waals surface area contributed by atoms with Crippen LogP contribution >= 0.6 is 0 Å². The Kier molecular flexibility index (Phi) is 5.40. The number of carbonyl (C=O) groups excluding carboxylic acids is 1. The standard InChI is InChI=1S/C18H28N2O/c1-13(2)9-16(11-19)18(21)20(17-7-8-17)12-15-6-4-5-14(3)10-15/h4-6,10,13,16-17H,7-9,11-12,19H2,1-3H3. The van der Waals surface area contributed by atoms with Crippen molar-refractivity contribution in [2.24, 2.45) is 17.6 Å². The van der Waals surface area contributed by atoms with E-state index in [4.69, 9.17) is 5.73 Å². The normalized spacial score (nSPS) is 16.0. The molecule has 2 N–H and O–H groups in total. The first kappa shape index (κ1) is 16.0. The van der Waals surface area contributed by atoms with Crippen LogP contribution in [0.5, 0.6) is 0 Å². The first-order valence-electron chi connectivity index (χ1n) is 8.07. The second-order valence-electron chi connectivity index (χ2n) is 6.75. The van der Waals surface area contributed by atoms with E-state index in [1.165, 1.54) is 11.1 Å². The van der Waals surface area contributed by atoms with Gasteiger partial charge < -0.3 is 10.6 Å². The maximum absolute atomic E-state index is 12.8. The maximum Gasteiger partial charge on any atom is 0.227 e. The van der Waals surface area contributed by atoms with Crippen LogP contribution in [-0.4, -0.2) is 23.4 Å². The maximum atomic E-state index is 12.8. The van der Waals surface area contributed by atoms with Crippen LogP contribution in [0.25, 0.3) is 0 Å². The SMILES string of the molecule is Cc1cccc(CN(C(=O)C(CN)CC(C)C)C2CC2)c1. The van der Waals surface area contributed by atoms with Crippen molar-refractivity contribution in [2.45, 2.75) is 52.6 Å². The molecule has 0 bridgehead atoms. The fraction of sp³-hybridized carbons (Fsp3) is 0.611. The smallest absolute Gasteiger partial charge is 0.227 e. The molecule has 1 aliphatic rings. The summed E-state index contributed by atoms with van der Waals surface area (Å²) in [6.45, 7) is 7.57. The molecule has 1 fully saturated rings. The summed E-state index contributed by atoms with van der Waals surface area (Å²) in [5, 5.41) is 0. The molecular weight excluding hydrogens is 260 g/mol. The van der Waals surface area contributed by atoms with E-state index >= 15 is 0 Å². The van der Waals surface area contributed by atoms with Gasteiger partial charge in [-0.25, -0.2) is 0 Å². The summed E-state index contributed by atoms with van der Waals surface area (Å²) in [6, 6.07) is 8.86. The second kappa shape index (κ2) is 7.08. The Balaban J connectivity index is 2.09. The third-order valence-electron chi connectivity index (χ3n) is 4.10. The van der Waals surface area contributed by atoms with Gasteiger partial charge in [0.15, 0.2) is 0 Å². The van der Waals surface area contributed by atoms with E-state index in [1.807, 2.05) is 0 Å². The fourth-order valence-electron chi connectivity index (χ4n) is 2.88. The number of amides is 1. The quantitative estimate of drug-likeness (QED) is 0.838. The van der Waals surface area contributed by atoms with Crippen molar-refractivity contribution in [3.05, 3.63) is 35.4 Å². The van der Waals surface area contributed by atoms with Crippen molar-refractivity contribution in [1.82, 2.24) is 4.90 Å². The van der Waals surface area contributed by atoms with Gasteiger partial charge in [-0.05, 0) is 37.7 Å². The van der Waals surface area contributed by atoms with E-state index in [0.717, 1.165) is 25.8 Å². The molecule has 1 atom stereocenters. The Morgan fingerprint density at radius 3 is 2.62 bits per heavy atom. The monoisotopic (exact) mass is 288 g/mol. The summed E-state index contributed by atoms with van der Waals surface area (Å²) in [5.41, 5.74) is 8.31. The fourth-order valence-corrected chi connectivity index (χ4v) is 2.88. The first-order valence-corrected chi connectivity index (χ1v) is 8.07. The van der Waals surface area contributed by atoms with Gasteiger partial charge in [-0.2, -0.15) is 0 Å². The lowest BCUT2D eigenvalue weighted by Crippen LogP contribution is -2.40. The van der Waals surface area contributed by atoms with Crippen LogP contribution in [0.15, 0.2) is 24.3 Å². The summed E-state index contributed by atoms with van der Waals surface area (Å²) in [6.07, 6.45) is 3.15. The first-order chi connectivity index (χ1) is 10.0. The van der Waals surface area contributed by atoms with Gasteiger partial charge in [0.25, 0.3) is 0 Å². The predicted octanol–water partition coefficient (Wildman–Crippen LogP) is 3.11. The topological polar surface area (TPSA) is 46.3 Å². The zero-order valence-corrected chi connectivity index (χ0v) is 13.5. The van der Waals surface area contributed by atoms with Crippen molar-refractivity contribution in [1.29, 1.82) is 0 Å². The van der Waals surface area contributed by atoms with Gasteiger partial charge in [-0.15, -0.1) is 0 Å². The highest BCUT2D eigenvalue weighted by atomic mass is 16.2. The lowest BCUT2D eigenvalue weighted by Gasteiger charge is -2.28. The van der Waals surface area contributed by atoms with Gasteiger partial charge in [0.05, 0.1) is 5.92 Å². The molecule has 1 aliphatic carbocycles. The molecular formula is C18H28N2O. The molecule has 1 unspecified atom stereocenters. The third kappa shape index (κ3) is 4.57. The zero-order valence-electron chi connectivity index (χ0n) is 13.5. The summed E-state index contributed by atoms with van der Waals surface area (Å²) in [4.78, 5) is 14.9. The van der Waals surface area contributed by atoms with Crippen molar-refractivity contribution < 1.29 is 4.79 Å². The minimum atomic E-state index is -0.0320. The molecule has 21 heavy (non-hydrogen) atoms. The molecule has 3 nitrogen and oxygen atoms in total. The minimum absolute atomic E-state index is 0.0320. The lowest BCUT2D eigenvalue weighted by molar-refractivity contribution is -0.137. The number of nitrogens with two attached hydrogens (primary N) is 1. The summed E-state index contributed by atoms with van der Waals surface area (Å²) < 4.78 is 0. The largest absolute Gasteiger partial charge is 0.335 e. The Morgan fingerprint density at radius 1 is 1.38 bits per heavy atom. The molecule has 3 heteroatoms. The predicted molar refractivity (Wildman–Crippen MR) is 86.8 cm³/mol. The molecule has 2 rings (SSSR count). The Morgan fingerprint density at radius 2 is 2.10 bits per heavy atom. The molecule has 0 radical (unpaired) electrons. The molecule has 1 saturated carbocycles.